The minimum Gasteiger partial charge on any atom is -0.342 e. The lowest BCUT2D eigenvalue weighted by Gasteiger charge is -2.40. The highest BCUT2D eigenvalue weighted by atomic mass is 15.1. The topological polar surface area (TPSA) is 29.3 Å². The number of benzene rings is 2. The first-order valence-corrected chi connectivity index (χ1v) is 10.3. The maximum Gasteiger partial charge on any atom is 0.0445 e. The molecule has 2 heteroatoms. The molecule has 0 heterocycles. The van der Waals surface area contributed by atoms with Crippen molar-refractivity contribution in [3.63, 3.8) is 0 Å². The van der Waals surface area contributed by atoms with E-state index in [1.54, 1.807) is 0 Å². The van der Waals surface area contributed by atoms with E-state index in [4.69, 9.17) is 5.73 Å². The van der Waals surface area contributed by atoms with Crippen LogP contribution in [0.4, 0.5) is 0 Å². The summed E-state index contributed by atoms with van der Waals surface area (Å²) in [6.07, 6.45) is 2.60. The van der Waals surface area contributed by atoms with Crippen molar-refractivity contribution >= 4 is 11.1 Å². The van der Waals surface area contributed by atoms with Crippen LogP contribution >= 0.6 is 0 Å². The van der Waals surface area contributed by atoms with Crippen molar-refractivity contribution in [3.05, 3.63) is 120 Å². The van der Waals surface area contributed by atoms with Crippen molar-refractivity contribution in [1.82, 2.24) is 4.90 Å². The SMILES string of the molecule is C=CCN(C(=C)C)C(=C)C1=C(C)c2ccc(C(=C)c3ccccc3)cc2CC1(C)N. The second-order valence-electron chi connectivity index (χ2n) is 8.39. The predicted molar refractivity (Wildman–Crippen MR) is 131 cm³/mol. The molecule has 30 heavy (non-hydrogen) atoms. The number of hydrogen-bond acceptors (Lipinski definition) is 2. The normalized spacial score (nSPS) is 17.9. The Morgan fingerprint density at radius 3 is 2.37 bits per heavy atom. The Balaban J connectivity index is 2.06. The lowest BCUT2D eigenvalue weighted by atomic mass is 9.73. The fraction of sp³-hybridized carbons (Fsp3) is 0.214. The molecule has 0 saturated heterocycles. The number of nitrogens with two attached hydrogens (primary N) is 1. The van der Waals surface area contributed by atoms with Crippen LogP contribution in [0.5, 0.6) is 0 Å². The molecule has 2 N–H and O–H groups in total. The van der Waals surface area contributed by atoms with Crippen molar-refractivity contribution in [3.8, 4) is 0 Å². The van der Waals surface area contributed by atoms with Gasteiger partial charge in [0, 0.05) is 23.5 Å². The molecular formula is C28H32N2. The zero-order chi connectivity index (χ0) is 22.1. The Kier molecular flexibility index (Phi) is 6.00. The molecule has 2 aromatic carbocycles. The number of fused-ring (bicyclic) bond motifs is 1. The molecule has 0 aliphatic heterocycles. The first-order chi connectivity index (χ1) is 14.2. The molecular weight excluding hydrogens is 364 g/mol. The van der Waals surface area contributed by atoms with Gasteiger partial charge in [-0.15, -0.1) is 6.58 Å². The number of hydrogen-bond donors (Lipinski definition) is 1. The summed E-state index contributed by atoms with van der Waals surface area (Å²) in [7, 11) is 0. The minimum atomic E-state index is -0.532. The van der Waals surface area contributed by atoms with E-state index < -0.39 is 5.54 Å². The van der Waals surface area contributed by atoms with Crippen molar-refractivity contribution in [2.75, 3.05) is 6.54 Å². The minimum absolute atomic E-state index is 0.532. The second kappa shape index (κ2) is 8.33. The van der Waals surface area contributed by atoms with Gasteiger partial charge in [0.2, 0.25) is 0 Å². The van der Waals surface area contributed by atoms with Gasteiger partial charge in [0.05, 0.1) is 0 Å². The average molecular weight is 397 g/mol. The fourth-order valence-electron chi connectivity index (χ4n) is 4.45. The third-order valence-electron chi connectivity index (χ3n) is 5.87. The number of allylic oxidation sites excluding steroid dienone is 2. The average Bonchev–Trinajstić information content (AvgIpc) is 2.70. The molecule has 154 valence electrons. The van der Waals surface area contributed by atoms with E-state index in [9.17, 15) is 0 Å². The third-order valence-corrected chi connectivity index (χ3v) is 5.87. The van der Waals surface area contributed by atoms with Gasteiger partial charge in [-0.3, -0.25) is 0 Å². The van der Waals surface area contributed by atoms with E-state index in [0.717, 1.165) is 40.1 Å². The van der Waals surface area contributed by atoms with E-state index in [2.05, 4.69) is 75.4 Å². The number of nitrogens with zero attached hydrogens (tertiary/aromatic N) is 1. The summed E-state index contributed by atoms with van der Waals surface area (Å²) in [5.41, 5.74) is 16.2. The van der Waals surface area contributed by atoms with E-state index >= 15 is 0 Å². The molecule has 3 rings (SSSR count). The van der Waals surface area contributed by atoms with Gasteiger partial charge in [-0.1, -0.05) is 74.3 Å². The molecule has 2 nitrogen and oxygen atoms in total. The van der Waals surface area contributed by atoms with Crippen LogP contribution in [0.3, 0.4) is 0 Å². The van der Waals surface area contributed by atoms with E-state index in [1.165, 1.54) is 16.7 Å². The van der Waals surface area contributed by atoms with Crippen LogP contribution < -0.4 is 5.73 Å². The Morgan fingerprint density at radius 1 is 1.10 bits per heavy atom. The predicted octanol–water partition coefficient (Wildman–Crippen LogP) is 6.33. The van der Waals surface area contributed by atoms with Gasteiger partial charge in [-0.05, 0) is 66.2 Å². The van der Waals surface area contributed by atoms with Crippen molar-refractivity contribution in [2.24, 2.45) is 5.73 Å². The molecule has 0 aromatic heterocycles. The van der Waals surface area contributed by atoms with Gasteiger partial charge >= 0.3 is 0 Å². The molecule has 0 bridgehead atoms. The van der Waals surface area contributed by atoms with Gasteiger partial charge in [0.25, 0.3) is 0 Å². The monoisotopic (exact) mass is 396 g/mol. The first kappa shape index (κ1) is 21.6. The van der Waals surface area contributed by atoms with E-state index in [1.807, 2.05) is 31.2 Å². The van der Waals surface area contributed by atoms with Gasteiger partial charge in [0.15, 0.2) is 0 Å². The van der Waals surface area contributed by atoms with Crippen molar-refractivity contribution < 1.29 is 0 Å². The summed E-state index contributed by atoms with van der Waals surface area (Å²) in [5.74, 6) is 0. The van der Waals surface area contributed by atoms with Gasteiger partial charge in [-0.25, -0.2) is 0 Å². The highest BCUT2D eigenvalue weighted by molar-refractivity contribution is 5.82. The Bertz CT molecular complexity index is 1050. The highest BCUT2D eigenvalue weighted by Gasteiger charge is 2.35. The quantitative estimate of drug-likeness (QED) is 0.554. The maximum absolute atomic E-state index is 6.88. The molecule has 1 unspecified atom stereocenters. The lowest BCUT2D eigenvalue weighted by Crippen LogP contribution is -2.46. The summed E-state index contributed by atoms with van der Waals surface area (Å²) < 4.78 is 0. The molecule has 0 radical (unpaired) electrons. The molecule has 1 aliphatic rings. The smallest absolute Gasteiger partial charge is 0.0445 e. The van der Waals surface area contributed by atoms with E-state index in [0.29, 0.717) is 6.54 Å². The van der Waals surface area contributed by atoms with Crippen molar-refractivity contribution in [2.45, 2.75) is 32.7 Å². The lowest BCUT2D eigenvalue weighted by molar-refractivity contribution is 0.447. The van der Waals surface area contributed by atoms with Crippen LogP contribution in [0.2, 0.25) is 0 Å². The summed E-state index contributed by atoms with van der Waals surface area (Å²) >= 11 is 0. The molecule has 0 amide bonds. The van der Waals surface area contributed by atoms with Gasteiger partial charge in [-0.2, -0.15) is 0 Å². The first-order valence-electron chi connectivity index (χ1n) is 10.3. The Labute approximate surface area is 181 Å². The van der Waals surface area contributed by atoms with Crippen LogP contribution in [-0.2, 0) is 6.42 Å². The summed E-state index contributed by atoms with van der Waals surface area (Å²) in [4.78, 5) is 2.08. The van der Waals surface area contributed by atoms with Gasteiger partial charge in [0.1, 0.15) is 0 Å². The molecule has 0 fully saturated rings. The summed E-state index contributed by atoms with van der Waals surface area (Å²) in [6, 6.07) is 16.9. The highest BCUT2D eigenvalue weighted by Crippen LogP contribution is 2.41. The third kappa shape index (κ3) is 3.96. The fourth-order valence-corrected chi connectivity index (χ4v) is 4.45. The molecule has 0 saturated carbocycles. The van der Waals surface area contributed by atoms with Crippen LogP contribution in [0.25, 0.3) is 11.1 Å². The second-order valence-corrected chi connectivity index (χ2v) is 8.39. The Hall–Kier alpha value is -3.10. The number of rotatable bonds is 7. The standard InChI is InChI=1S/C28H32N2/c1-8-16-30(19(2)3)22(6)27-21(5)26-15-14-24(17-25(26)18-28(27,7)29)20(4)23-12-10-9-11-13-23/h8-15,17H,1-2,4,6,16,18,29H2,3,5,7H3. The van der Waals surface area contributed by atoms with Crippen LogP contribution in [0, 0.1) is 0 Å². The molecule has 0 spiro atoms. The largest absolute Gasteiger partial charge is 0.342 e. The molecule has 1 atom stereocenters. The van der Waals surface area contributed by atoms with Crippen LogP contribution in [0.15, 0.2) is 97.9 Å². The van der Waals surface area contributed by atoms with E-state index in [-0.39, 0.29) is 0 Å². The van der Waals surface area contributed by atoms with Gasteiger partial charge < -0.3 is 10.6 Å². The Morgan fingerprint density at radius 2 is 1.77 bits per heavy atom. The zero-order valence-electron chi connectivity index (χ0n) is 18.5. The summed E-state index contributed by atoms with van der Waals surface area (Å²) in [5, 5.41) is 0. The molecule has 1 aliphatic carbocycles. The van der Waals surface area contributed by atoms with Crippen LogP contribution in [0.1, 0.15) is 43.0 Å². The van der Waals surface area contributed by atoms with Crippen molar-refractivity contribution in [1.29, 1.82) is 0 Å². The molecule has 2 aromatic rings. The summed E-state index contributed by atoms with van der Waals surface area (Å²) in [6.45, 7) is 23.6. The van der Waals surface area contributed by atoms with Crippen LogP contribution in [-0.4, -0.2) is 17.0 Å². The maximum atomic E-state index is 6.88. The zero-order valence-corrected chi connectivity index (χ0v) is 18.5.